The monoisotopic (exact) mass is 611 g/mol. The molecule has 0 radical (unpaired) electrons. The molecule has 0 saturated heterocycles. The largest absolute Gasteiger partial charge is 0.488 e. The van der Waals surface area contributed by atoms with Crippen LogP contribution in [-0.2, 0) is 6.61 Å². The number of hydrazone groups is 1. The number of nitro groups is 1. The summed E-state index contributed by atoms with van der Waals surface area (Å²) < 4.78 is 25.6. The maximum Gasteiger partial charge on any atom is 0.294 e. The van der Waals surface area contributed by atoms with Gasteiger partial charge < -0.3 is 10.5 Å². The fourth-order valence-electron chi connectivity index (χ4n) is 3.73. The minimum atomic E-state index is -0.836. The second-order valence-corrected chi connectivity index (χ2v) is 9.19. The van der Waals surface area contributed by atoms with Crippen molar-refractivity contribution in [2.24, 2.45) is 5.10 Å². The first kappa shape index (κ1) is 28.1. The van der Waals surface area contributed by atoms with Crippen molar-refractivity contribution in [3.05, 3.63) is 103 Å². The molecule has 5 rings (SSSR count). The molecular formula is C25H16Cl2FN9O5. The molecular weight excluding hydrogens is 596 g/mol. The second-order valence-electron chi connectivity index (χ2n) is 8.35. The number of amides is 1. The van der Waals surface area contributed by atoms with Crippen LogP contribution in [-0.4, -0.2) is 42.4 Å². The molecule has 0 saturated carbocycles. The maximum absolute atomic E-state index is 14.2. The van der Waals surface area contributed by atoms with Gasteiger partial charge in [0.15, 0.2) is 5.69 Å². The molecule has 3 N–H and O–H groups in total. The van der Waals surface area contributed by atoms with E-state index in [1.54, 1.807) is 12.1 Å². The third-order valence-electron chi connectivity index (χ3n) is 5.69. The molecule has 0 aliphatic heterocycles. The number of hydrogen-bond donors (Lipinski definition) is 2. The molecule has 0 atom stereocenters. The average Bonchev–Trinajstić information content (AvgIpc) is 3.59. The maximum atomic E-state index is 14.2. The third kappa shape index (κ3) is 5.86. The molecule has 212 valence electrons. The van der Waals surface area contributed by atoms with Crippen LogP contribution in [0.2, 0.25) is 10.0 Å². The Bertz CT molecular complexity index is 1820. The topological polar surface area (TPSA) is 189 Å². The van der Waals surface area contributed by atoms with Gasteiger partial charge in [0, 0.05) is 33.8 Å². The van der Waals surface area contributed by atoms with Crippen molar-refractivity contribution >= 4 is 46.8 Å². The molecule has 0 aliphatic rings. The molecule has 2 heterocycles. The molecule has 0 aliphatic carbocycles. The zero-order valence-electron chi connectivity index (χ0n) is 20.9. The summed E-state index contributed by atoms with van der Waals surface area (Å²) in [5.74, 6) is -1.36. The number of nitrogen functional groups attached to an aromatic ring is 1. The summed E-state index contributed by atoms with van der Waals surface area (Å²) in [7, 11) is 0. The van der Waals surface area contributed by atoms with Gasteiger partial charge in [0.1, 0.15) is 23.9 Å². The van der Waals surface area contributed by atoms with Crippen molar-refractivity contribution in [1.82, 2.24) is 30.7 Å². The van der Waals surface area contributed by atoms with E-state index in [4.69, 9.17) is 33.7 Å². The lowest BCUT2D eigenvalue weighted by Crippen LogP contribution is -2.19. The molecule has 17 heteroatoms. The van der Waals surface area contributed by atoms with Crippen LogP contribution >= 0.6 is 23.2 Å². The molecule has 0 spiro atoms. The van der Waals surface area contributed by atoms with E-state index < -0.39 is 16.6 Å². The summed E-state index contributed by atoms with van der Waals surface area (Å²) in [5, 5.41) is 30.8. The highest BCUT2D eigenvalue weighted by Gasteiger charge is 2.26. The summed E-state index contributed by atoms with van der Waals surface area (Å²) in [6.45, 7) is -0.184. The SMILES string of the molecule is Nc1nonc1-n1nnc(C(=O)NN=Cc2cc(Cl)ccc2OCc2c(F)cccc2Cl)c1-c1cccc([N+](=O)[O-])c1. The van der Waals surface area contributed by atoms with E-state index in [2.05, 4.69) is 35.8 Å². The Labute approximate surface area is 244 Å². The van der Waals surface area contributed by atoms with Crippen LogP contribution in [0.25, 0.3) is 17.1 Å². The number of rotatable bonds is 9. The number of halogens is 3. The van der Waals surface area contributed by atoms with Gasteiger partial charge in [-0.05, 0) is 40.6 Å². The Morgan fingerprint density at radius 1 is 1.19 bits per heavy atom. The lowest BCUT2D eigenvalue weighted by molar-refractivity contribution is -0.384. The lowest BCUT2D eigenvalue weighted by atomic mass is 10.1. The van der Waals surface area contributed by atoms with E-state index >= 15 is 0 Å². The molecule has 2 aromatic heterocycles. The Kier molecular flexibility index (Phi) is 8.03. The predicted molar refractivity (Wildman–Crippen MR) is 148 cm³/mol. The number of nitrogens with one attached hydrogen (secondary N) is 1. The summed E-state index contributed by atoms with van der Waals surface area (Å²) in [5.41, 5.74) is 8.29. The summed E-state index contributed by atoms with van der Waals surface area (Å²) in [4.78, 5) is 23.9. The van der Waals surface area contributed by atoms with Gasteiger partial charge in [-0.2, -0.15) is 9.78 Å². The van der Waals surface area contributed by atoms with Gasteiger partial charge in [0.25, 0.3) is 11.6 Å². The van der Waals surface area contributed by atoms with Gasteiger partial charge in [-0.25, -0.2) is 14.4 Å². The Balaban J connectivity index is 1.42. The Morgan fingerprint density at radius 3 is 2.74 bits per heavy atom. The highest BCUT2D eigenvalue weighted by atomic mass is 35.5. The number of nitro benzene ring substituents is 1. The zero-order valence-corrected chi connectivity index (χ0v) is 22.5. The molecule has 0 unspecified atom stereocenters. The lowest BCUT2D eigenvalue weighted by Gasteiger charge is -2.11. The van der Waals surface area contributed by atoms with Crippen molar-refractivity contribution in [3.63, 3.8) is 0 Å². The van der Waals surface area contributed by atoms with E-state index in [0.29, 0.717) is 10.6 Å². The molecule has 14 nitrogen and oxygen atoms in total. The third-order valence-corrected chi connectivity index (χ3v) is 6.28. The van der Waals surface area contributed by atoms with E-state index in [9.17, 15) is 19.3 Å². The van der Waals surface area contributed by atoms with Gasteiger partial charge in [0.05, 0.1) is 16.2 Å². The number of ether oxygens (including phenoxy) is 1. The van der Waals surface area contributed by atoms with E-state index in [1.807, 2.05) is 0 Å². The number of anilines is 1. The van der Waals surface area contributed by atoms with Crippen molar-refractivity contribution in [2.45, 2.75) is 6.61 Å². The predicted octanol–water partition coefficient (Wildman–Crippen LogP) is 4.60. The molecule has 5 aromatic rings. The molecule has 0 bridgehead atoms. The Morgan fingerprint density at radius 2 is 2.00 bits per heavy atom. The van der Waals surface area contributed by atoms with Crippen molar-refractivity contribution in [3.8, 4) is 22.8 Å². The number of nitrogens with zero attached hydrogens (tertiary/aromatic N) is 7. The van der Waals surface area contributed by atoms with E-state index in [0.717, 1.165) is 4.68 Å². The van der Waals surface area contributed by atoms with Gasteiger partial charge >= 0.3 is 0 Å². The van der Waals surface area contributed by atoms with Crippen LogP contribution < -0.4 is 15.9 Å². The quantitative estimate of drug-likeness (QED) is 0.135. The van der Waals surface area contributed by atoms with E-state index in [-0.39, 0.29) is 57.2 Å². The fraction of sp³-hybridized carbons (Fsp3) is 0.0400. The van der Waals surface area contributed by atoms with Crippen LogP contribution in [0.15, 0.2) is 70.4 Å². The van der Waals surface area contributed by atoms with Gasteiger partial charge in [-0.3, -0.25) is 14.9 Å². The van der Waals surface area contributed by atoms with Crippen molar-refractivity contribution in [1.29, 1.82) is 0 Å². The normalized spacial score (nSPS) is 11.1. The number of nitrogens with two attached hydrogens (primary N) is 1. The number of carbonyl (C=O) groups is 1. The molecule has 3 aromatic carbocycles. The van der Waals surface area contributed by atoms with E-state index in [1.165, 1.54) is 54.7 Å². The summed E-state index contributed by atoms with van der Waals surface area (Å²) in [6.07, 6.45) is 1.25. The standard InChI is InChI=1S/C25H16Cl2FN9O5/c26-15-7-8-20(41-12-17-18(27)5-2-6-19(17)28)14(9-15)11-30-32-25(38)21-22(13-3-1-4-16(10-13)37(39)40)36(35-31-21)24-23(29)33-42-34-24/h1-11H,12H2,(H2,29,33)(H,32,38). The Hall–Kier alpha value is -5.41. The highest BCUT2D eigenvalue weighted by Crippen LogP contribution is 2.29. The summed E-state index contributed by atoms with van der Waals surface area (Å²) in [6, 6.07) is 14.3. The van der Waals surface area contributed by atoms with Gasteiger partial charge in [-0.1, -0.05) is 46.6 Å². The highest BCUT2D eigenvalue weighted by molar-refractivity contribution is 6.31. The smallest absolute Gasteiger partial charge is 0.294 e. The number of non-ortho nitro benzene ring substituents is 1. The number of carbonyl (C=O) groups excluding carboxylic acids is 1. The van der Waals surface area contributed by atoms with Crippen molar-refractivity contribution < 1.29 is 23.5 Å². The number of aromatic nitrogens is 5. The van der Waals surface area contributed by atoms with Crippen molar-refractivity contribution in [2.75, 3.05) is 5.73 Å². The first-order valence-corrected chi connectivity index (χ1v) is 12.5. The van der Waals surface area contributed by atoms with Crippen LogP contribution in [0.3, 0.4) is 0 Å². The first-order chi connectivity index (χ1) is 20.2. The minimum Gasteiger partial charge on any atom is -0.488 e. The van der Waals surface area contributed by atoms with Crippen LogP contribution in [0.5, 0.6) is 5.75 Å². The van der Waals surface area contributed by atoms with Crippen LogP contribution in [0, 0.1) is 15.9 Å². The summed E-state index contributed by atoms with van der Waals surface area (Å²) >= 11 is 12.2. The molecule has 1 amide bonds. The van der Waals surface area contributed by atoms with Gasteiger partial charge in [0.2, 0.25) is 11.6 Å². The number of benzene rings is 3. The van der Waals surface area contributed by atoms with Gasteiger partial charge in [-0.15, -0.1) is 5.10 Å². The van der Waals surface area contributed by atoms with Crippen LogP contribution in [0.1, 0.15) is 21.6 Å². The second kappa shape index (κ2) is 12.0. The average molecular weight is 612 g/mol. The molecule has 0 fully saturated rings. The molecule has 42 heavy (non-hydrogen) atoms. The number of hydrogen-bond acceptors (Lipinski definition) is 11. The zero-order chi connectivity index (χ0) is 29.8. The fourth-order valence-corrected chi connectivity index (χ4v) is 4.13. The first-order valence-electron chi connectivity index (χ1n) is 11.7. The van der Waals surface area contributed by atoms with Crippen LogP contribution in [0.4, 0.5) is 15.9 Å². The minimum absolute atomic E-state index is 0.00217.